The van der Waals surface area contributed by atoms with Gasteiger partial charge in [0.25, 0.3) is 5.69 Å². The molecule has 0 saturated carbocycles. The van der Waals surface area contributed by atoms with E-state index in [4.69, 9.17) is 44.8 Å². The van der Waals surface area contributed by atoms with E-state index in [1.54, 1.807) is 0 Å². The van der Waals surface area contributed by atoms with Crippen LogP contribution < -0.4 is 10.1 Å². The molecule has 1 aromatic rings. The number of carbonyl (C=O) groups is 3. The van der Waals surface area contributed by atoms with Crippen molar-refractivity contribution in [2.24, 2.45) is 0 Å². The molecule has 44 heavy (non-hydrogen) atoms. The maximum absolute atomic E-state index is 11.7. The predicted octanol–water partition coefficient (Wildman–Crippen LogP) is 3.97. The number of nitro benzene ring substituents is 1. The van der Waals surface area contributed by atoms with Crippen LogP contribution in [0, 0.1) is 10.1 Å². The van der Waals surface area contributed by atoms with Gasteiger partial charge in [0.2, 0.25) is 5.91 Å². The number of carbonyl (C=O) groups excluding carboxylic acids is 3. The quantitative estimate of drug-likeness (QED) is 0.0278. The summed E-state index contributed by atoms with van der Waals surface area (Å²) in [5.74, 6) is 0.160. The van der Waals surface area contributed by atoms with Gasteiger partial charge < -0.3 is 38.5 Å². The molecule has 0 spiro atoms. The van der Waals surface area contributed by atoms with Crippen LogP contribution in [0.4, 0.5) is 10.5 Å². The van der Waals surface area contributed by atoms with Crippen molar-refractivity contribution in [2.45, 2.75) is 38.5 Å². The SMILES string of the molecule is O=C(COCCOCCCC(=O)OC/C=C\COC(=O)Oc1ccc([N+](=O)[O-])cc1)NCCOCCOCCCCCCCl. The molecule has 1 amide bonds. The van der Waals surface area contributed by atoms with Gasteiger partial charge in [0.05, 0.1) is 38.0 Å². The van der Waals surface area contributed by atoms with Crippen LogP contribution in [0.2, 0.25) is 0 Å². The number of nitrogens with one attached hydrogen (secondary N) is 1. The summed E-state index contributed by atoms with van der Waals surface area (Å²) in [6.45, 7) is 3.18. The number of nitro groups is 1. The number of nitrogens with zero attached hydrogens (tertiary/aromatic N) is 1. The highest BCUT2D eigenvalue weighted by Gasteiger charge is 2.09. The summed E-state index contributed by atoms with van der Waals surface area (Å²) in [4.78, 5) is 45.1. The Kier molecular flexibility index (Phi) is 24.0. The van der Waals surface area contributed by atoms with Crippen LogP contribution in [0.5, 0.6) is 5.75 Å². The zero-order valence-electron chi connectivity index (χ0n) is 24.9. The largest absolute Gasteiger partial charge is 0.514 e. The molecule has 0 saturated heterocycles. The lowest BCUT2D eigenvalue weighted by molar-refractivity contribution is -0.384. The summed E-state index contributed by atoms with van der Waals surface area (Å²) < 4.78 is 36.3. The maximum atomic E-state index is 11.7. The van der Waals surface area contributed by atoms with Gasteiger partial charge in [-0.15, -0.1) is 11.6 Å². The number of halogens is 1. The number of non-ortho nitro benzene ring substituents is 1. The van der Waals surface area contributed by atoms with Crippen molar-refractivity contribution in [1.29, 1.82) is 0 Å². The Morgan fingerprint density at radius 3 is 2.07 bits per heavy atom. The molecule has 248 valence electrons. The van der Waals surface area contributed by atoms with E-state index in [2.05, 4.69) is 5.32 Å². The monoisotopic (exact) mass is 646 g/mol. The molecule has 15 heteroatoms. The number of unbranched alkanes of at least 4 members (excludes halogenated alkanes) is 3. The minimum absolute atomic E-state index is 0.00695. The number of benzene rings is 1. The Hall–Kier alpha value is -3.30. The lowest BCUT2D eigenvalue weighted by Gasteiger charge is -2.08. The van der Waals surface area contributed by atoms with Gasteiger partial charge in [0, 0.05) is 44.2 Å². The summed E-state index contributed by atoms with van der Waals surface area (Å²) in [6.07, 6.45) is 6.94. The van der Waals surface area contributed by atoms with Gasteiger partial charge in [-0.3, -0.25) is 19.7 Å². The van der Waals surface area contributed by atoms with Crippen LogP contribution in [-0.2, 0) is 38.0 Å². The Morgan fingerprint density at radius 1 is 0.773 bits per heavy atom. The van der Waals surface area contributed by atoms with Crippen LogP contribution in [0.1, 0.15) is 38.5 Å². The third kappa shape index (κ3) is 23.2. The fourth-order valence-corrected chi connectivity index (χ4v) is 3.41. The van der Waals surface area contributed by atoms with Crippen LogP contribution >= 0.6 is 11.6 Å². The third-order valence-corrected chi connectivity index (χ3v) is 5.71. The smallest absolute Gasteiger partial charge is 0.461 e. The van der Waals surface area contributed by atoms with Crippen LogP contribution in [0.3, 0.4) is 0 Å². The van der Waals surface area contributed by atoms with Crippen LogP contribution in [0.25, 0.3) is 0 Å². The van der Waals surface area contributed by atoms with Gasteiger partial charge >= 0.3 is 12.1 Å². The molecule has 1 aromatic carbocycles. The summed E-state index contributed by atoms with van der Waals surface area (Å²) in [7, 11) is 0. The fourth-order valence-electron chi connectivity index (χ4n) is 3.22. The molecule has 0 aliphatic rings. The topological polar surface area (TPSA) is 171 Å². The lowest BCUT2D eigenvalue weighted by atomic mass is 10.2. The Morgan fingerprint density at radius 2 is 1.39 bits per heavy atom. The molecular weight excluding hydrogens is 604 g/mol. The van der Waals surface area contributed by atoms with E-state index in [9.17, 15) is 24.5 Å². The average Bonchev–Trinajstić information content (AvgIpc) is 3.01. The first kappa shape index (κ1) is 38.7. The van der Waals surface area contributed by atoms with Crippen molar-refractivity contribution in [3.05, 3.63) is 46.5 Å². The molecule has 14 nitrogen and oxygen atoms in total. The van der Waals surface area contributed by atoms with E-state index in [-0.39, 0.29) is 56.8 Å². The zero-order valence-corrected chi connectivity index (χ0v) is 25.7. The number of hydrogen-bond donors (Lipinski definition) is 1. The van der Waals surface area contributed by atoms with Crippen molar-refractivity contribution in [3.63, 3.8) is 0 Å². The normalized spacial score (nSPS) is 10.9. The van der Waals surface area contributed by atoms with Gasteiger partial charge in [0.15, 0.2) is 0 Å². The second kappa shape index (κ2) is 27.3. The van der Waals surface area contributed by atoms with Gasteiger partial charge in [-0.1, -0.05) is 12.8 Å². The highest BCUT2D eigenvalue weighted by atomic mass is 35.5. The van der Waals surface area contributed by atoms with Gasteiger partial charge in [-0.2, -0.15) is 0 Å². The molecule has 0 heterocycles. The highest BCUT2D eigenvalue weighted by Crippen LogP contribution is 2.17. The Bertz CT molecular complexity index is 962. The van der Waals surface area contributed by atoms with E-state index >= 15 is 0 Å². The molecule has 0 fully saturated rings. The predicted molar refractivity (Wildman–Crippen MR) is 160 cm³/mol. The number of amides is 1. The fraction of sp³-hybridized carbons (Fsp3) is 0.621. The first-order chi connectivity index (χ1) is 21.4. The second-order valence-corrected chi connectivity index (χ2v) is 9.39. The van der Waals surface area contributed by atoms with E-state index in [1.807, 2.05) is 0 Å². The summed E-state index contributed by atoms with van der Waals surface area (Å²) in [6, 6.07) is 4.96. The molecule has 1 rings (SSSR count). The molecule has 0 aliphatic carbocycles. The number of hydrogen-bond acceptors (Lipinski definition) is 12. The average molecular weight is 647 g/mol. The standard InChI is InChI=1S/C29H43ClN2O12/c30-13-3-1-2-4-15-38-20-21-40-19-14-31-27(33)24-41-23-22-39-16-7-8-28(34)42-17-5-6-18-43-29(35)44-26-11-9-25(10-12-26)32(36)37/h5-6,9-12H,1-4,7-8,13-24H2,(H,31,33)/b6-5-. The number of rotatable bonds is 27. The number of ether oxygens (including phenoxy) is 7. The summed E-state index contributed by atoms with van der Waals surface area (Å²) in [5, 5.41) is 13.3. The molecule has 0 unspecified atom stereocenters. The zero-order chi connectivity index (χ0) is 32.1. The number of alkyl halides is 1. The van der Waals surface area contributed by atoms with Gasteiger partial charge in [-0.05, 0) is 43.5 Å². The number of esters is 1. The third-order valence-electron chi connectivity index (χ3n) is 5.44. The second-order valence-electron chi connectivity index (χ2n) is 9.01. The molecular formula is C29H43ClN2O12. The minimum atomic E-state index is -0.979. The van der Waals surface area contributed by atoms with E-state index in [1.165, 1.54) is 36.4 Å². The summed E-state index contributed by atoms with van der Waals surface area (Å²) in [5.41, 5.74) is -0.129. The van der Waals surface area contributed by atoms with Crippen molar-refractivity contribution < 1.29 is 52.5 Å². The van der Waals surface area contributed by atoms with E-state index in [0.717, 1.165) is 25.7 Å². The van der Waals surface area contributed by atoms with Crippen molar-refractivity contribution in [1.82, 2.24) is 5.32 Å². The van der Waals surface area contributed by atoms with Crippen molar-refractivity contribution >= 4 is 35.3 Å². The van der Waals surface area contributed by atoms with Crippen molar-refractivity contribution in [2.75, 3.05) is 78.5 Å². The highest BCUT2D eigenvalue weighted by molar-refractivity contribution is 6.17. The lowest BCUT2D eigenvalue weighted by Crippen LogP contribution is -2.31. The molecule has 0 aliphatic heterocycles. The Labute approximate surface area is 262 Å². The van der Waals surface area contributed by atoms with Gasteiger partial charge in [0.1, 0.15) is 25.6 Å². The van der Waals surface area contributed by atoms with Crippen LogP contribution in [-0.4, -0.2) is 101 Å². The first-order valence-corrected chi connectivity index (χ1v) is 15.0. The van der Waals surface area contributed by atoms with Crippen molar-refractivity contribution in [3.8, 4) is 5.75 Å². The first-order valence-electron chi connectivity index (χ1n) is 14.5. The minimum Gasteiger partial charge on any atom is -0.461 e. The molecule has 0 atom stereocenters. The summed E-state index contributed by atoms with van der Waals surface area (Å²) >= 11 is 5.63. The molecule has 0 bridgehead atoms. The van der Waals surface area contributed by atoms with Crippen LogP contribution in [0.15, 0.2) is 36.4 Å². The van der Waals surface area contributed by atoms with E-state index in [0.29, 0.717) is 51.9 Å². The van der Waals surface area contributed by atoms with Gasteiger partial charge in [-0.25, -0.2) is 4.79 Å². The Balaban J connectivity index is 1.86. The maximum Gasteiger partial charge on any atom is 0.514 e. The van der Waals surface area contributed by atoms with E-state index < -0.39 is 17.0 Å². The molecule has 0 aromatic heterocycles. The molecule has 0 radical (unpaired) electrons. The molecule has 1 N–H and O–H groups in total.